The van der Waals surface area contributed by atoms with Gasteiger partial charge >= 0.3 is 0 Å². The first-order valence-electron chi connectivity index (χ1n) is 11.2. The van der Waals surface area contributed by atoms with E-state index >= 15 is 0 Å². The molecule has 1 heterocycles. The van der Waals surface area contributed by atoms with Gasteiger partial charge in [0.1, 0.15) is 24.4 Å². The highest BCUT2D eigenvalue weighted by Crippen LogP contribution is 2.29. The van der Waals surface area contributed by atoms with Crippen LogP contribution in [0.15, 0.2) is 91.0 Å². The summed E-state index contributed by atoms with van der Waals surface area (Å²) in [5.41, 5.74) is 2.95. The van der Waals surface area contributed by atoms with Crippen molar-refractivity contribution in [1.29, 1.82) is 0 Å². The molecule has 33 heavy (non-hydrogen) atoms. The van der Waals surface area contributed by atoms with Gasteiger partial charge < -0.3 is 29.2 Å². The average Bonchev–Trinajstić information content (AvgIpc) is 2.87. The van der Waals surface area contributed by atoms with Crippen molar-refractivity contribution in [2.24, 2.45) is 0 Å². The van der Waals surface area contributed by atoms with Crippen LogP contribution < -0.4 is 0 Å². The molecule has 0 radical (unpaired) electrons. The topological polar surface area (TPSA) is 77.4 Å². The zero-order valence-electron chi connectivity index (χ0n) is 18.4. The molecule has 5 atom stereocenters. The van der Waals surface area contributed by atoms with Crippen molar-refractivity contribution in [3.63, 3.8) is 0 Å². The number of aliphatic hydroxyl groups is 2. The minimum atomic E-state index is -1.26. The van der Waals surface area contributed by atoms with E-state index in [1.165, 1.54) is 0 Å². The van der Waals surface area contributed by atoms with Crippen LogP contribution >= 0.6 is 0 Å². The lowest BCUT2D eigenvalue weighted by Crippen LogP contribution is -2.61. The van der Waals surface area contributed by atoms with Crippen LogP contribution in [0.5, 0.6) is 0 Å². The Balaban J connectivity index is 1.53. The molecule has 1 aliphatic heterocycles. The number of benzene rings is 3. The fourth-order valence-electron chi connectivity index (χ4n) is 3.91. The summed E-state index contributed by atoms with van der Waals surface area (Å²) in [6.45, 7) is 0.601. The first-order chi connectivity index (χ1) is 16.2. The molecule has 1 fully saturated rings. The number of hydrogen-bond acceptors (Lipinski definition) is 6. The second kappa shape index (κ2) is 12.0. The predicted molar refractivity (Wildman–Crippen MR) is 123 cm³/mol. The summed E-state index contributed by atoms with van der Waals surface area (Å²) in [6, 6.07) is 29.3. The van der Waals surface area contributed by atoms with Crippen LogP contribution in [0, 0.1) is 0 Å². The summed E-state index contributed by atoms with van der Waals surface area (Å²) in [5.74, 6) is 0. The van der Waals surface area contributed by atoms with Gasteiger partial charge in [-0.1, -0.05) is 91.0 Å². The third-order valence-electron chi connectivity index (χ3n) is 5.65. The number of ether oxygens (including phenoxy) is 4. The molecule has 1 saturated heterocycles. The van der Waals surface area contributed by atoms with Crippen LogP contribution in [0.2, 0.25) is 0 Å². The average molecular weight is 451 g/mol. The smallest absolute Gasteiger partial charge is 0.184 e. The van der Waals surface area contributed by atoms with Crippen molar-refractivity contribution in [1.82, 2.24) is 0 Å². The molecule has 6 nitrogen and oxygen atoms in total. The van der Waals surface area contributed by atoms with E-state index in [1.54, 1.807) is 0 Å². The lowest BCUT2D eigenvalue weighted by atomic mass is 9.98. The Labute approximate surface area is 194 Å². The van der Waals surface area contributed by atoms with Gasteiger partial charge in [-0.25, -0.2) is 0 Å². The van der Waals surface area contributed by atoms with Crippen LogP contribution in [-0.4, -0.2) is 47.5 Å². The molecule has 6 heteroatoms. The molecule has 4 rings (SSSR count). The lowest BCUT2D eigenvalue weighted by Gasteiger charge is -2.44. The summed E-state index contributed by atoms with van der Waals surface area (Å²) in [6.07, 6.45) is -4.09. The van der Waals surface area contributed by atoms with E-state index in [0.717, 1.165) is 16.7 Å². The van der Waals surface area contributed by atoms with E-state index in [9.17, 15) is 10.2 Å². The molecule has 3 aromatic carbocycles. The monoisotopic (exact) mass is 450 g/mol. The maximum atomic E-state index is 10.7. The third-order valence-corrected chi connectivity index (χ3v) is 5.65. The van der Waals surface area contributed by atoms with Crippen molar-refractivity contribution in [3.8, 4) is 0 Å². The lowest BCUT2D eigenvalue weighted by molar-refractivity contribution is -0.315. The Morgan fingerprint density at radius 3 is 1.39 bits per heavy atom. The van der Waals surface area contributed by atoms with Gasteiger partial charge in [-0.2, -0.15) is 0 Å². The van der Waals surface area contributed by atoms with Gasteiger partial charge in [0, 0.05) is 0 Å². The van der Waals surface area contributed by atoms with Crippen molar-refractivity contribution in [3.05, 3.63) is 108 Å². The molecular weight excluding hydrogens is 420 g/mol. The Morgan fingerprint density at radius 2 is 0.970 bits per heavy atom. The zero-order valence-corrected chi connectivity index (χ0v) is 18.4. The predicted octanol–water partition coefficient (Wildman–Crippen LogP) is 3.45. The Morgan fingerprint density at radius 1 is 0.576 bits per heavy atom. The van der Waals surface area contributed by atoms with Crippen molar-refractivity contribution in [2.45, 2.75) is 50.5 Å². The van der Waals surface area contributed by atoms with Gasteiger partial charge in [-0.05, 0) is 16.7 Å². The molecule has 0 saturated carbocycles. The summed E-state index contributed by atoms with van der Waals surface area (Å²) < 4.78 is 24.3. The first-order valence-corrected chi connectivity index (χ1v) is 11.2. The molecule has 0 spiro atoms. The van der Waals surface area contributed by atoms with Crippen LogP contribution in [0.1, 0.15) is 16.7 Å². The normalized spacial score (nSPS) is 25.1. The molecule has 2 unspecified atom stereocenters. The van der Waals surface area contributed by atoms with Crippen molar-refractivity contribution >= 4 is 0 Å². The fraction of sp³-hybridized carbons (Fsp3) is 0.333. The summed E-state index contributed by atoms with van der Waals surface area (Å²) in [7, 11) is 0. The Bertz CT molecular complexity index is 937. The van der Waals surface area contributed by atoms with Crippen molar-refractivity contribution in [2.75, 3.05) is 6.61 Å². The van der Waals surface area contributed by atoms with E-state index in [-0.39, 0.29) is 13.2 Å². The van der Waals surface area contributed by atoms with E-state index in [0.29, 0.717) is 13.2 Å². The molecule has 1 aliphatic rings. The van der Waals surface area contributed by atoms with E-state index in [4.69, 9.17) is 18.9 Å². The quantitative estimate of drug-likeness (QED) is 0.493. The molecule has 0 aromatic heterocycles. The van der Waals surface area contributed by atoms with Gasteiger partial charge in [0.05, 0.1) is 26.4 Å². The Hall–Kier alpha value is -2.58. The van der Waals surface area contributed by atoms with Crippen LogP contribution in [-0.2, 0) is 38.8 Å². The van der Waals surface area contributed by atoms with Gasteiger partial charge in [0.15, 0.2) is 6.29 Å². The van der Waals surface area contributed by atoms with Gasteiger partial charge in [0.25, 0.3) is 0 Å². The first kappa shape index (κ1) is 23.6. The highest BCUT2D eigenvalue weighted by Gasteiger charge is 2.47. The minimum Gasteiger partial charge on any atom is -0.394 e. The third kappa shape index (κ3) is 6.48. The molecule has 0 amide bonds. The highest BCUT2D eigenvalue weighted by molar-refractivity contribution is 5.15. The van der Waals surface area contributed by atoms with Gasteiger partial charge in [0.2, 0.25) is 0 Å². The number of rotatable bonds is 10. The highest BCUT2D eigenvalue weighted by atomic mass is 16.7. The standard InChI is InChI=1S/C27H30O6/c28-16-23-24(30-17-20-10-4-1-5-11-20)25(31-18-21-12-6-2-7-13-21)26(27(29)33-23)32-19-22-14-8-3-9-15-22/h1-15,23-29H,16-19H2/t23?,24-,25?,26+,27+/m0/s1. The van der Waals surface area contributed by atoms with E-state index in [2.05, 4.69) is 0 Å². The Kier molecular flexibility index (Phi) is 8.60. The second-order valence-corrected chi connectivity index (χ2v) is 8.03. The summed E-state index contributed by atoms with van der Waals surface area (Å²) in [5, 5.41) is 20.7. The summed E-state index contributed by atoms with van der Waals surface area (Å²) in [4.78, 5) is 0. The SMILES string of the molecule is OCC1O[C@@H](O)[C@H](OCc2ccccc2)C(OCc2ccccc2)[C@H]1OCc1ccccc1. The molecule has 0 aliphatic carbocycles. The molecule has 174 valence electrons. The molecule has 3 aromatic rings. The second-order valence-electron chi connectivity index (χ2n) is 8.03. The van der Waals surface area contributed by atoms with Crippen LogP contribution in [0.4, 0.5) is 0 Å². The van der Waals surface area contributed by atoms with E-state index < -0.39 is 30.7 Å². The fourth-order valence-corrected chi connectivity index (χ4v) is 3.91. The van der Waals surface area contributed by atoms with Crippen LogP contribution in [0.3, 0.4) is 0 Å². The molecular formula is C27H30O6. The van der Waals surface area contributed by atoms with Crippen LogP contribution in [0.25, 0.3) is 0 Å². The van der Waals surface area contributed by atoms with Gasteiger partial charge in [-0.3, -0.25) is 0 Å². The number of hydrogen-bond donors (Lipinski definition) is 2. The van der Waals surface area contributed by atoms with Crippen molar-refractivity contribution < 1.29 is 29.2 Å². The van der Waals surface area contributed by atoms with Gasteiger partial charge in [-0.15, -0.1) is 0 Å². The molecule has 2 N–H and O–H groups in total. The largest absolute Gasteiger partial charge is 0.394 e. The van der Waals surface area contributed by atoms with E-state index in [1.807, 2.05) is 91.0 Å². The maximum Gasteiger partial charge on any atom is 0.184 e. The number of aliphatic hydroxyl groups excluding tert-OH is 2. The maximum absolute atomic E-state index is 10.7. The summed E-state index contributed by atoms with van der Waals surface area (Å²) >= 11 is 0. The zero-order chi connectivity index (χ0) is 22.9. The molecule has 0 bridgehead atoms. The minimum absolute atomic E-state index is 0.284.